The van der Waals surface area contributed by atoms with Crippen molar-refractivity contribution in [3.63, 3.8) is 0 Å². The summed E-state index contributed by atoms with van der Waals surface area (Å²) < 4.78 is 38.7. The molecule has 0 aliphatic carbocycles. The SMILES string of the molecule is COC(=O)CCc1ccc(N(c2ccc(C)cc2)c2ccc3c(c2)S(=O)(=O)c2cc(N(c4ccc(C)cc4)c4ccc(CCC(=O)OC)cc4)ccc2-3)cc1. The van der Waals surface area contributed by atoms with E-state index in [2.05, 4.69) is 0 Å². The Morgan fingerprint density at radius 1 is 0.473 bits per heavy atom. The molecule has 6 aromatic rings. The molecule has 0 bridgehead atoms. The average molecular weight is 751 g/mol. The van der Waals surface area contributed by atoms with Gasteiger partial charge in [-0.3, -0.25) is 9.59 Å². The molecule has 0 spiro atoms. The maximum Gasteiger partial charge on any atom is 0.305 e. The third-order valence-electron chi connectivity index (χ3n) is 9.98. The fourth-order valence-electron chi connectivity index (χ4n) is 6.91. The molecular weight excluding hydrogens is 709 g/mol. The summed E-state index contributed by atoms with van der Waals surface area (Å²) in [7, 11) is -1.14. The monoisotopic (exact) mass is 750 g/mol. The number of methoxy groups -OCH3 is 2. The molecule has 0 N–H and O–H groups in total. The van der Waals surface area contributed by atoms with E-state index in [1.54, 1.807) is 12.1 Å². The summed E-state index contributed by atoms with van der Waals surface area (Å²) >= 11 is 0. The van der Waals surface area contributed by atoms with Gasteiger partial charge in [-0.2, -0.15) is 0 Å². The van der Waals surface area contributed by atoms with Crippen LogP contribution in [0.4, 0.5) is 34.1 Å². The fraction of sp³-hybridized carbons (Fsp3) is 0.174. The third-order valence-corrected chi connectivity index (χ3v) is 11.8. The lowest BCUT2D eigenvalue weighted by molar-refractivity contribution is -0.141. The van der Waals surface area contributed by atoms with Crippen LogP contribution in [0, 0.1) is 13.8 Å². The molecule has 0 radical (unpaired) electrons. The van der Waals surface area contributed by atoms with E-state index < -0.39 is 9.84 Å². The molecule has 0 saturated carbocycles. The molecule has 6 aromatic carbocycles. The minimum atomic E-state index is -3.91. The summed E-state index contributed by atoms with van der Waals surface area (Å²) in [6.07, 6.45) is 1.68. The highest BCUT2D eigenvalue weighted by atomic mass is 32.2. The molecule has 278 valence electrons. The van der Waals surface area contributed by atoms with Gasteiger partial charge in [-0.05, 0) is 111 Å². The molecule has 1 heterocycles. The molecular formula is C46H42N2O6S. The highest BCUT2D eigenvalue weighted by Gasteiger charge is 2.35. The van der Waals surface area contributed by atoms with Crippen LogP contribution >= 0.6 is 0 Å². The first-order chi connectivity index (χ1) is 26.5. The summed E-state index contributed by atoms with van der Waals surface area (Å²) in [5, 5.41) is 0. The van der Waals surface area contributed by atoms with Crippen LogP contribution in [0.25, 0.3) is 11.1 Å². The number of aryl methyl sites for hydroxylation is 4. The van der Waals surface area contributed by atoms with Crippen molar-refractivity contribution in [2.45, 2.75) is 49.3 Å². The highest BCUT2D eigenvalue weighted by Crippen LogP contribution is 2.48. The summed E-state index contributed by atoms with van der Waals surface area (Å²) in [6.45, 7) is 4.06. The highest BCUT2D eigenvalue weighted by molar-refractivity contribution is 7.92. The van der Waals surface area contributed by atoms with Crippen LogP contribution < -0.4 is 9.80 Å². The summed E-state index contributed by atoms with van der Waals surface area (Å²) in [4.78, 5) is 28.1. The zero-order chi connectivity index (χ0) is 38.7. The Bertz CT molecular complexity index is 2290. The maximum atomic E-state index is 14.5. The first-order valence-corrected chi connectivity index (χ1v) is 19.6. The van der Waals surface area contributed by atoms with Crippen LogP contribution in [0.3, 0.4) is 0 Å². The number of hydrogen-bond donors (Lipinski definition) is 0. The molecule has 0 amide bonds. The van der Waals surface area contributed by atoms with Crippen LogP contribution in [0.2, 0.25) is 0 Å². The predicted molar refractivity (Wildman–Crippen MR) is 217 cm³/mol. The largest absolute Gasteiger partial charge is 0.469 e. The van der Waals surface area contributed by atoms with Crippen molar-refractivity contribution in [1.82, 2.24) is 0 Å². The Hall–Kier alpha value is -6.19. The average Bonchev–Trinajstić information content (AvgIpc) is 3.43. The Morgan fingerprint density at radius 3 is 1.11 bits per heavy atom. The van der Waals surface area contributed by atoms with E-state index in [-0.39, 0.29) is 34.6 Å². The second-order valence-electron chi connectivity index (χ2n) is 13.7. The third kappa shape index (κ3) is 7.75. The van der Waals surface area contributed by atoms with Gasteiger partial charge in [0, 0.05) is 58.1 Å². The van der Waals surface area contributed by atoms with Crippen LogP contribution in [-0.2, 0) is 41.7 Å². The molecule has 0 fully saturated rings. The van der Waals surface area contributed by atoms with Gasteiger partial charge in [-0.25, -0.2) is 8.42 Å². The number of carbonyl (C=O) groups excluding carboxylic acids is 2. The van der Waals surface area contributed by atoms with Crippen molar-refractivity contribution >= 4 is 55.9 Å². The minimum Gasteiger partial charge on any atom is -0.469 e. The Kier molecular flexibility index (Phi) is 10.6. The van der Waals surface area contributed by atoms with Gasteiger partial charge in [0.1, 0.15) is 0 Å². The van der Waals surface area contributed by atoms with E-state index in [9.17, 15) is 18.0 Å². The molecule has 0 atom stereocenters. The predicted octanol–water partition coefficient (Wildman–Crippen LogP) is 10.3. The second kappa shape index (κ2) is 15.7. The number of carbonyl (C=O) groups is 2. The van der Waals surface area contributed by atoms with Gasteiger partial charge in [0.15, 0.2) is 0 Å². The quantitative estimate of drug-likeness (QED) is 0.114. The number of anilines is 6. The van der Waals surface area contributed by atoms with Gasteiger partial charge < -0.3 is 19.3 Å². The van der Waals surface area contributed by atoms with E-state index in [4.69, 9.17) is 9.47 Å². The van der Waals surface area contributed by atoms with Gasteiger partial charge >= 0.3 is 11.9 Å². The van der Waals surface area contributed by atoms with E-state index in [1.807, 2.05) is 145 Å². The Labute approximate surface area is 322 Å². The van der Waals surface area contributed by atoms with Gasteiger partial charge in [0.25, 0.3) is 0 Å². The second-order valence-corrected chi connectivity index (χ2v) is 15.6. The van der Waals surface area contributed by atoms with Crippen molar-refractivity contribution in [3.8, 4) is 11.1 Å². The zero-order valence-electron chi connectivity index (χ0n) is 31.3. The van der Waals surface area contributed by atoms with Crippen molar-refractivity contribution in [1.29, 1.82) is 0 Å². The van der Waals surface area contributed by atoms with Crippen molar-refractivity contribution < 1.29 is 27.5 Å². The number of benzene rings is 6. The zero-order valence-corrected chi connectivity index (χ0v) is 32.1. The van der Waals surface area contributed by atoms with E-state index in [0.29, 0.717) is 35.3 Å². The lowest BCUT2D eigenvalue weighted by atomic mass is 10.0. The number of ether oxygens (including phenoxy) is 2. The lowest BCUT2D eigenvalue weighted by Gasteiger charge is -2.26. The molecule has 7 rings (SSSR count). The van der Waals surface area contributed by atoms with Gasteiger partial charge in [0.2, 0.25) is 9.84 Å². The lowest BCUT2D eigenvalue weighted by Crippen LogP contribution is -2.11. The van der Waals surface area contributed by atoms with Gasteiger partial charge in [-0.15, -0.1) is 0 Å². The molecule has 8 nitrogen and oxygen atoms in total. The fourth-order valence-corrected chi connectivity index (χ4v) is 8.63. The van der Waals surface area contributed by atoms with Crippen molar-refractivity contribution in [3.05, 3.63) is 156 Å². The number of rotatable bonds is 12. The van der Waals surface area contributed by atoms with Crippen LogP contribution in [0.1, 0.15) is 35.1 Å². The first-order valence-electron chi connectivity index (χ1n) is 18.1. The summed E-state index contributed by atoms with van der Waals surface area (Å²) in [6, 6.07) is 43.3. The normalized spacial score (nSPS) is 12.4. The summed E-state index contributed by atoms with van der Waals surface area (Å²) in [5.74, 6) is -0.521. The van der Waals surface area contributed by atoms with Crippen molar-refractivity contribution in [2.75, 3.05) is 24.0 Å². The summed E-state index contributed by atoms with van der Waals surface area (Å²) in [5.41, 5.74) is 10.4. The molecule has 0 saturated heterocycles. The van der Waals surface area contributed by atoms with Crippen LogP contribution in [0.5, 0.6) is 0 Å². The number of hydrogen-bond acceptors (Lipinski definition) is 8. The maximum absolute atomic E-state index is 14.5. The Balaban J connectivity index is 1.25. The molecule has 0 unspecified atom stereocenters. The Morgan fingerprint density at radius 2 is 0.782 bits per heavy atom. The smallest absolute Gasteiger partial charge is 0.305 e. The number of sulfone groups is 1. The number of fused-ring (bicyclic) bond motifs is 3. The molecule has 1 aliphatic rings. The minimum absolute atomic E-state index is 0.251. The number of nitrogens with zero attached hydrogens (tertiary/aromatic N) is 2. The topological polar surface area (TPSA) is 93.2 Å². The molecule has 0 aromatic heterocycles. The first kappa shape index (κ1) is 37.1. The number of esters is 2. The molecule has 9 heteroatoms. The van der Waals surface area contributed by atoms with Gasteiger partial charge in [0.05, 0.1) is 24.0 Å². The van der Waals surface area contributed by atoms with E-state index in [1.165, 1.54) is 14.2 Å². The van der Waals surface area contributed by atoms with Gasteiger partial charge in [-0.1, -0.05) is 71.8 Å². The van der Waals surface area contributed by atoms with E-state index >= 15 is 0 Å². The molecule has 55 heavy (non-hydrogen) atoms. The van der Waals surface area contributed by atoms with E-state index in [0.717, 1.165) is 45.0 Å². The standard InChI is InChI=1S/C46H42N2O6S/c1-31-5-15-35(16-6-31)47(37-19-9-33(10-20-37)13-27-45(49)53-3)39-23-25-41-42-26-24-40(30-44(42)55(51,52)43(41)29-39)48(36-17-7-32(2)8-18-36)38-21-11-34(12-22-38)14-28-46(50)54-4/h5-12,15-26,29-30H,13-14,27-28H2,1-4H3. The molecule has 1 aliphatic heterocycles. The van der Waals surface area contributed by atoms with Crippen molar-refractivity contribution in [2.24, 2.45) is 0 Å². The van der Waals surface area contributed by atoms with Crippen LogP contribution in [0.15, 0.2) is 143 Å². The van der Waals surface area contributed by atoms with Crippen LogP contribution in [-0.4, -0.2) is 34.6 Å².